The number of hydrogen-bond donors (Lipinski definition) is 2. The van der Waals surface area contributed by atoms with Crippen molar-refractivity contribution in [2.75, 3.05) is 25.4 Å². The van der Waals surface area contributed by atoms with E-state index in [1.54, 1.807) is 17.0 Å². The van der Waals surface area contributed by atoms with Crippen molar-refractivity contribution < 1.29 is 9.90 Å². The second-order valence-corrected chi connectivity index (χ2v) is 4.41. The van der Waals surface area contributed by atoms with E-state index in [-0.39, 0.29) is 12.5 Å². The number of nitrogens with two attached hydrogens (primary N) is 1. The highest BCUT2D eigenvalue weighted by Crippen LogP contribution is 2.08. The van der Waals surface area contributed by atoms with Crippen molar-refractivity contribution in [3.63, 3.8) is 0 Å². The number of hydrogen-bond acceptors (Lipinski definition) is 3. The monoisotopic (exact) mass is 262 g/mol. The van der Waals surface area contributed by atoms with Crippen LogP contribution in [0.25, 0.3) is 6.08 Å². The lowest BCUT2D eigenvalue weighted by Crippen LogP contribution is -2.33. The normalized spacial score (nSPS) is 10.8. The number of anilines is 1. The first-order valence-corrected chi connectivity index (χ1v) is 6.60. The van der Waals surface area contributed by atoms with E-state index in [4.69, 9.17) is 10.8 Å². The number of nitrogen functional groups attached to an aromatic ring is 1. The number of aliphatic hydroxyl groups excluding tert-OH is 1. The van der Waals surface area contributed by atoms with E-state index < -0.39 is 0 Å². The minimum Gasteiger partial charge on any atom is -0.399 e. The van der Waals surface area contributed by atoms with Crippen LogP contribution in [0, 0.1) is 0 Å². The van der Waals surface area contributed by atoms with Crippen molar-refractivity contribution in [3.05, 3.63) is 35.9 Å². The first kappa shape index (κ1) is 15.2. The lowest BCUT2D eigenvalue weighted by Gasteiger charge is -2.19. The first-order chi connectivity index (χ1) is 9.17. The van der Waals surface area contributed by atoms with Gasteiger partial charge in [0.1, 0.15) is 0 Å². The number of amides is 1. The molecule has 0 aliphatic rings. The van der Waals surface area contributed by atoms with E-state index in [0.29, 0.717) is 18.8 Å². The molecule has 1 aromatic carbocycles. The summed E-state index contributed by atoms with van der Waals surface area (Å²) in [5, 5.41) is 8.97. The van der Waals surface area contributed by atoms with Crippen LogP contribution in [0.2, 0.25) is 0 Å². The third-order valence-corrected chi connectivity index (χ3v) is 2.79. The number of carbonyl (C=O) groups excluding carboxylic acids is 1. The van der Waals surface area contributed by atoms with Gasteiger partial charge in [-0.2, -0.15) is 0 Å². The van der Waals surface area contributed by atoms with Crippen LogP contribution in [-0.2, 0) is 4.79 Å². The van der Waals surface area contributed by atoms with Crippen molar-refractivity contribution in [1.29, 1.82) is 0 Å². The SMILES string of the molecule is CCCCN(CCO)C(=O)/C=C/c1cccc(N)c1. The smallest absolute Gasteiger partial charge is 0.246 e. The molecule has 4 nitrogen and oxygen atoms in total. The Kier molecular flexibility index (Phi) is 6.68. The van der Waals surface area contributed by atoms with Gasteiger partial charge < -0.3 is 15.7 Å². The fourth-order valence-corrected chi connectivity index (χ4v) is 1.74. The van der Waals surface area contributed by atoms with Gasteiger partial charge in [0.25, 0.3) is 0 Å². The molecule has 1 rings (SSSR count). The highest BCUT2D eigenvalue weighted by Gasteiger charge is 2.08. The maximum Gasteiger partial charge on any atom is 0.246 e. The fraction of sp³-hybridized carbons (Fsp3) is 0.400. The van der Waals surface area contributed by atoms with Crippen molar-refractivity contribution in [1.82, 2.24) is 4.90 Å². The standard InChI is InChI=1S/C15H22N2O2/c1-2-3-9-17(10-11-18)15(19)8-7-13-5-4-6-14(16)12-13/h4-8,12,18H,2-3,9-11,16H2,1H3/b8-7+. The molecule has 0 bridgehead atoms. The Morgan fingerprint density at radius 1 is 1.42 bits per heavy atom. The molecule has 1 amide bonds. The number of nitrogens with zero attached hydrogens (tertiary/aromatic N) is 1. The molecule has 0 saturated carbocycles. The summed E-state index contributed by atoms with van der Waals surface area (Å²) in [6, 6.07) is 7.36. The lowest BCUT2D eigenvalue weighted by molar-refractivity contribution is -0.126. The Morgan fingerprint density at radius 2 is 2.21 bits per heavy atom. The Balaban J connectivity index is 2.64. The predicted octanol–water partition coefficient (Wildman–Crippen LogP) is 1.90. The van der Waals surface area contributed by atoms with Crippen molar-refractivity contribution in [2.24, 2.45) is 0 Å². The van der Waals surface area contributed by atoms with Gasteiger partial charge in [0.15, 0.2) is 0 Å². The van der Waals surface area contributed by atoms with E-state index in [0.717, 1.165) is 18.4 Å². The van der Waals surface area contributed by atoms with Crippen LogP contribution in [0.3, 0.4) is 0 Å². The number of carbonyl (C=O) groups is 1. The summed E-state index contributed by atoms with van der Waals surface area (Å²) < 4.78 is 0. The Hall–Kier alpha value is -1.81. The molecule has 0 spiro atoms. The minimum atomic E-state index is -0.0788. The molecular formula is C15H22N2O2. The molecule has 0 atom stereocenters. The van der Waals surface area contributed by atoms with Crippen molar-refractivity contribution in [2.45, 2.75) is 19.8 Å². The Morgan fingerprint density at radius 3 is 2.84 bits per heavy atom. The van der Waals surface area contributed by atoms with E-state index in [1.165, 1.54) is 6.08 Å². The van der Waals surface area contributed by atoms with Crippen LogP contribution in [0.5, 0.6) is 0 Å². The lowest BCUT2D eigenvalue weighted by atomic mass is 10.2. The zero-order valence-electron chi connectivity index (χ0n) is 11.4. The molecule has 0 aromatic heterocycles. The van der Waals surface area contributed by atoms with E-state index in [1.807, 2.05) is 18.2 Å². The van der Waals surface area contributed by atoms with E-state index in [9.17, 15) is 4.79 Å². The quantitative estimate of drug-likeness (QED) is 0.582. The zero-order chi connectivity index (χ0) is 14.1. The van der Waals surface area contributed by atoms with Gasteiger partial charge in [0.05, 0.1) is 6.61 Å². The summed E-state index contributed by atoms with van der Waals surface area (Å²) in [6.45, 7) is 3.11. The van der Waals surface area contributed by atoms with Gasteiger partial charge in [0.2, 0.25) is 5.91 Å². The van der Waals surface area contributed by atoms with E-state index in [2.05, 4.69) is 6.92 Å². The van der Waals surface area contributed by atoms with Gasteiger partial charge in [-0.25, -0.2) is 0 Å². The van der Waals surface area contributed by atoms with Gasteiger partial charge >= 0.3 is 0 Å². The molecule has 0 unspecified atom stereocenters. The van der Waals surface area contributed by atoms with Crippen LogP contribution >= 0.6 is 0 Å². The number of rotatable bonds is 7. The molecule has 19 heavy (non-hydrogen) atoms. The van der Waals surface area contributed by atoms with Crippen LogP contribution in [0.4, 0.5) is 5.69 Å². The first-order valence-electron chi connectivity index (χ1n) is 6.60. The van der Waals surface area contributed by atoms with Crippen LogP contribution in [0.15, 0.2) is 30.3 Å². The molecule has 0 radical (unpaired) electrons. The molecule has 0 heterocycles. The van der Waals surface area contributed by atoms with Crippen molar-refractivity contribution in [3.8, 4) is 0 Å². The maximum atomic E-state index is 12.0. The molecule has 0 fully saturated rings. The Bertz CT molecular complexity index is 430. The second-order valence-electron chi connectivity index (χ2n) is 4.41. The Labute approximate surface area is 114 Å². The number of benzene rings is 1. The van der Waals surface area contributed by atoms with Gasteiger partial charge in [-0.05, 0) is 30.2 Å². The van der Waals surface area contributed by atoms with Gasteiger partial charge in [-0.3, -0.25) is 4.79 Å². The molecule has 104 valence electrons. The fourth-order valence-electron chi connectivity index (χ4n) is 1.74. The van der Waals surface area contributed by atoms with E-state index >= 15 is 0 Å². The third kappa shape index (κ3) is 5.57. The molecule has 3 N–H and O–H groups in total. The minimum absolute atomic E-state index is 0.0123. The van der Waals surface area contributed by atoms with Gasteiger partial charge in [0, 0.05) is 24.9 Å². The summed E-state index contributed by atoms with van der Waals surface area (Å²) in [7, 11) is 0. The molecule has 4 heteroatoms. The summed E-state index contributed by atoms with van der Waals surface area (Å²) in [6.07, 6.45) is 5.24. The number of aliphatic hydroxyl groups is 1. The van der Waals surface area contributed by atoms with Crippen LogP contribution in [-0.4, -0.2) is 35.6 Å². The largest absolute Gasteiger partial charge is 0.399 e. The van der Waals surface area contributed by atoms with Gasteiger partial charge in [-0.15, -0.1) is 0 Å². The molecule has 0 aliphatic heterocycles. The van der Waals surface area contributed by atoms with Crippen LogP contribution in [0.1, 0.15) is 25.3 Å². The topological polar surface area (TPSA) is 66.6 Å². The highest BCUT2D eigenvalue weighted by atomic mass is 16.3. The summed E-state index contributed by atoms with van der Waals surface area (Å²) in [5.41, 5.74) is 7.25. The summed E-state index contributed by atoms with van der Waals surface area (Å²) in [5.74, 6) is -0.0788. The third-order valence-electron chi connectivity index (χ3n) is 2.79. The molecule has 0 saturated heterocycles. The number of unbranched alkanes of at least 4 members (excludes halogenated alkanes) is 1. The highest BCUT2D eigenvalue weighted by molar-refractivity contribution is 5.91. The zero-order valence-corrected chi connectivity index (χ0v) is 11.4. The maximum absolute atomic E-state index is 12.0. The summed E-state index contributed by atoms with van der Waals surface area (Å²) >= 11 is 0. The molecule has 1 aromatic rings. The predicted molar refractivity (Wildman–Crippen MR) is 78.5 cm³/mol. The molecular weight excluding hydrogens is 240 g/mol. The average molecular weight is 262 g/mol. The summed E-state index contributed by atoms with van der Waals surface area (Å²) in [4.78, 5) is 13.7. The average Bonchev–Trinajstić information content (AvgIpc) is 2.41. The second kappa shape index (κ2) is 8.32. The molecule has 0 aliphatic carbocycles. The van der Waals surface area contributed by atoms with Gasteiger partial charge in [-0.1, -0.05) is 25.5 Å². The van der Waals surface area contributed by atoms with Crippen LogP contribution < -0.4 is 5.73 Å². The van der Waals surface area contributed by atoms with Crippen molar-refractivity contribution >= 4 is 17.7 Å².